The van der Waals surface area contributed by atoms with Crippen molar-refractivity contribution >= 4 is 23.3 Å². The molecule has 7 heteroatoms. The van der Waals surface area contributed by atoms with Crippen LogP contribution in [-0.2, 0) is 11.2 Å². The van der Waals surface area contributed by atoms with Gasteiger partial charge in [-0.15, -0.1) is 11.3 Å². The van der Waals surface area contributed by atoms with Crippen molar-refractivity contribution in [2.24, 2.45) is 0 Å². The average Bonchev–Trinajstić information content (AvgIpc) is 3.19. The van der Waals surface area contributed by atoms with Crippen LogP contribution in [0.5, 0.6) is 0 Å². The summed E-state index contributed by atoms with van der Waals surface area (Å²) in [5.74, 6) is 5.76. The summed E-state index contributed by atoms with van der Waals surface area (Å²) in [5, 5.41) is 2.30. The number of aryl methyl sites for hydroxylation is 1. The van der Waals surface area contributed by atoms with Crippen LogP contribution in [0.25, 0.3) is 0 Å². The van der Waals surface area contributed by atoms with Gasteiger partial charge >= 0.3 is 6.09 Å². The molecule has 0 fully saturated rings. The number of carbonyl (C=O) groups excluding carboxylic acids is 2. The molecule has 1 atom stereocenters. The molecule has 1 aromatic carbocycles. The molecule has 0 saturated carbocycles. The van der Waals surface area contributed by atoms with E-state index in [-0.39, 0.29) is 18.5 Å². The third-order valence-corrected chi connectivity index (χ3v) is 5.82. The minimum absolute atomic E-state index is 0.0659. The van der Waals surface area contributed by atoms with Gasteiger partial charge in [-0.3, -0.25) is 4.79 Å². The first-order chi connectivity index (χ1) is 14.7. The normalized spacial score (nSPS) is 15.3. The average molecular weight is 440 g/mol. The number of hydrogen-bond acceptors (Lipinski definition) is 5. The fraction of sp³-hybridized carbons (Fsp3) is 0.458. The minimum Gasteiger partial charge on any atom is -0.444 e. The predicted molar refractivity (Wildman–Crippen MR) is 122 cm³/mol. The SMILES string of the molecule is CN(CC#Cc1nc(C(=O)N(C)[C@@H]2CCCc3ccccc32)cs1)C(=O)OC(C)(C)C. The smallest absolute Gasteiger partial charge is 0.410 e. The van der Waals surface area contributed by atoms with Gasteiger partial charge in [0.1, 0.15) is 11.3 Å². The van der Waals surface area contributed by atoms with Crippen LogP contribution < -0.4 is 0 Å². The topological polar surface area (TPSA) is 62.7 Å². The fourth-order valence-electron chi connectivity index (χ4n) is 3.52. The van der Waals surface area contributed by atoms with Crippen molar-refractivity contribution in [1.29, 1.82) is 0 Å². The van der Waals surface area contributed by atoms with E-state index in [0.717, 1.165) is 19.3 Å². The standard InChI is InChI=1S/C24H29N3O3S/c1-24(2,3)30-23(29)26(4)15-9-14-21-25-19(16-31-21)22(28)27(5)20-13-8-11-17-10-6-7-12-18(17)20/h6-7,10,12,16,20H,8,11,13,15H2,1-5H3/t20-/m1/s1. The van der Waals surface area contributed by atoms with Crippen LogP contribution in [0.2, 0.25) is 0 Å². The van der Waals surface area contributed by atoms with E-state index >= 15 is 0 Å². The Morgan fingerprint density at radius 1 is 1.26 bits per heavy atom. The lowest BCUT2D eigenvalue weighted by Crippen LogP contribution is -2.34. The summed E-state index contributed by atoms with van der Waals surface area (Å²) in [4.78, 5) is 32.6. The number of hydrogen-bond donors (Lipinski definition) is 0. The minimum atomic E-state index is -0.547. The van der Waals surface area contributed by atoms with E-state index < -0.39 is 11.7 Å². The van der Waals surface area contributed by atoms with E-state index in [1.54, 1.807) is 17.3 Å². The predicted octanol–water partition coefficient (Wildman–Crippen LogP) is 4.51. The van der Waals surface area contributed by atoms with E-state index in [0.29, 0.717) is 10.7 Å². The first kappa shape index (κ1) is 22.8. The van der Waals surface area contributed by atoms with Crippen LogP contribution in [0, 0.1) is 11.8 Å². The van der Waals surface area contributed by atoms with Gasteiger partial charge in [0.25, 0.3) is 5.91 Å². The lowest BCUT2D eigenvalue weighted by Gasteiger charge is -2.33. The summed E-state index contributed by atoms with van der Waals surface area (Å²) >= 11 is 1.33. The largest absolute Gasteiger partial charge is 0.444 e. The molecule has 164 valence electrons. The van der Waals surface area contributed by atoms with Crippen molar-refractivity contribution in [2.45, 2.75) is 51.7 Å². The molecule has 1 aliphatic rings. The second-order valence-electron chi connectivity index (χ2n) is 8.70. The van der Waals surface area contributed by atoms with Gasteiger partial charge < -0.3 is 14.5 Å². The Labute approximate surface area is 188 Å². The molecule has 0 spiro atoms. The van der Waals surface area contributed by atoms with Crippen molar-refractivity contribution in [3.63, 3.8) is 0 Å². The fourth-order valence-corrected chi connectivity index (χ4v) is 4.18. The van der Waals surface area contributed by atoms with Crippen molar-refractivity contribution in [1.82, 2.24) is 14.8 Å². The maximum atomic E-state index is 13.0. The van der Waals surface area contributed by atoms with E-state index in [1.807, 2.05) is 33.9 Å². The van der Waals surface area contributed by atoms with Gasteiger partial charge in [0.15, 0.2) is 5.01 Å². The molecule has 31 heavy (non-hydrogen) atoms. The van der Waals surface area contributed by atoms with E-state index in [9.17, 15) is 9.59 Å². The summed E-state index contributed by atoms with van der Waals surface area (Å²) < 4.78 is 5.30. The van der Waals surface area contributed by atoms with Crippen LogP contribution in [0.3, 0.4) is 0 Å². The number of carbonyl (C=O) groups is 2. The summed E-state index contributed by atoms with van der Waals surface area (Å²) in [6.07, 6.45) is 2.65. The highest BCUT2D eigenvalue weighted by Gasteiger charge is 2.28. The van der Waals surface area contributed by atoms with Gasteiger partial charge in [-0.25, -0.2) is 9.78 Å². The lowest BCUT2D eigenvalue weighted by atomic mass is 9.87. The Balaban J connectivity index is 1.63. The molecule has 6 nitrogen and oxygen atoms in total. The third kappa shape index (κ3) is 5.86. The van der Waals surface area contributed by atoms with Gasteiger partial charge in [-0.05, 0) is 57.1 Å². The highest BCUT2D eigenvalue weighted by atomic mass is 32.1. The van der Waals surface area contributed by atoms with Crippen LogP contribution in [-0.4, -0.2) is 53.0 Å². The molecule has 3 rings (SSSR count). The Hall–Kier alpha value is -2.85. The maximum Gasteiger partial charge on any atom is 0.410 e. The first-order valence-corrected chi connectivity index (χ1v) is 11.3. The monoisotopic (exact) mass is 439 g/mol. The highest BCUT2D eigenvalue weighted by molar-refractivity contribution is 7.10. The van der Waals surface area contributed by atoms with Gasteiger partial charge in [-0.2, -0.15) is 0 Å². The number of nitrogens with zero attached hydrogens (tertiary/aromatic N) is 3. The Morgan fingerprint density at radius 3 is 2.74 bits per heavy atom. The highest BCUT2D eigenvalue weighted by Crippen LogP contribution is 2.34. The van der Waals surface area contributed by atoms with Crippen LogP contribution >= 0.6 is 11.3 Å². The van der Waals surface area contributed by atoms with E-state index in [2.05, 4.69) is 35.0 Å². The van der Waals surface area contributed by atoms with Gasteiger partial charge in [0.05, 0.1) is 12.6 Å². The number of amides is 2. The quantitative estimate of drug-likeness (QED) is 0.660. The molecule has 1 aromatic heterocycles. The zero-order valence-electron chi connectivity index (χ0n) is 18.8. The van der Waals surface area contributed by atoms with Crippen LogP contribution in [0.1, 0.15) is 66.3 Å². The Morgan fingerprint density at radius 2 is 2.00 bits per heavy atom. The maximum absolute atomic E-state index is 13.0. The van der Waals surface area contributed by atoms with Gasteiger partial charge in [0, 0.05) is 19.5 Å². The zero-order chi connectivity index (χ0) is 22.6. The van der Waals surface area contributed by atoms with Gasteiger partial charge in [-0.1, -0.05) is 30.2 Å². The number of ether oxygens (including phenoxy) is 1. The molecule has 0 radical (unpaired) electrons. The molecule has 0 aliphatic heterocycles. The number of benzene rings is 1. The lowest BCUT2D eigenvalue weighted by molar-refractivity contribution is 0.0320. The summed E-state index contributed by atoms with van der Waals surface area (Å²) in [6, 6.07) is 8.40. The van der Waals surface area contributed by atoms with E-state index in [1.165, 1.54) is 27.4 Å². The molecular weight excluding hydrogens is 410 g/mol. The van der Waals surface area contributed by atoms with Crippen LogP contribution in [0.4, 0.5) is 4.79 Å². The molecule has 1 heterocycles. The van der Waals surface area contributed by atoms with Crippen molar-refractivity contribution < 1.29 is 14.3 Å². The molecule has 0 N–H and O–H groups in total. The molecular formula is C24H29N3O3S. The number of fused-ring (bicyclic) bond motifs is 1. The number of thiazole rings is 1. The zero-order valence-corrected chi connectivity index (χ0v) is 19.6. The summed E-state index contributed by atoms with van der Waals surface area (Å²) in [7, 11) is 3.48. The molecule has 0 unspecified atom stereocenters. The Bertz CT molecular complexity index is 1010. The van der Waals surface area contributed by atoms with Crippen molar-refractivity contribution in [2.75, 3.05) is 20.6 Å². The van der Waals surface area contributed by atoms with Gasteiger partial charge in [0.2, 0.25) is 0 Å². The Kier molecular flexibility index (Phi) is 7.01. The molecule has 2 aromatic rings. The number of aromatic nitrogens is 1. The summed E-state index contributed by atoms with van der Waals surface area (Å²) in [6.45, 7) is 5.68. The third-order valence-electron chi connectivity index (χ3n) is 5.07. The second kappa shape index (κ2) is 9.52. The number of rotatable bonds is 3. The van der Waals surface area contributed by atoms with Crippen molar-refractivity contribution in [3.8, 4) is 11.8 Å². The molecule has 1 aliphatic carbocycles. The van der Waals surface area contributed by atoms with Crippen molar-refractivity contribution in [3.05, 3.63) is 51.5 Å². The molecule has 0 saturated heterocycles. The second-order valence-corrected chi connectivity index (χ2v) is 9.56. The van der Waals surface area contributed by atoms with Crippen LogP contribution in [0.15, 0.2) is 29.6 Å². The van der Waals surface area contributed by atoms with E-state index in [4.69, 9.17) is 4.74 Å². The summed E-state index contributed by atoms with van der Waals surface area (Å²) in [5.41, 5.74) is 2.40. The molecule has 0 bridgehead atoms. The first-order valence-electron chi connectivity index (χ1n) is 10.4. The molecule has 2 amide bonds.